The van der Waals surface area contributed by atoms with E-state index in [1.807, 2.05) is 6.92 Å². The Bertz CT molecular complexity index is 724. The second-order valence-corrected chi connectivity index (χ2v) is 8.57. The van der Waals surface area contributed by atoms with E-state index in [9.17, 15) is 14.7 Å². The summed E-state index contributed by atoms with van der Waals surface area (Å²) in [6, 6.07) is 3.96. The summed E-state index contributed by atoms with van der Waals surface area (Å²) in [6.45, 7) is 1.93. The van der Waals surface area contributed by atoms with Crippen LogP contribution in [0.3, 0.4) is 0 Å². The van der Waals surface area contributed by atoms with E-state index in [1.54, 1.807) is 24.3 Å². The SMILES string of the molecule is CCSCC(C(=O)O)N1C(=O)/C(=C/c2ccc(Cl)cc2Cl)SC1=S. The normalized spacial score (nSPS) is 17.6. The minimum absolute atomic E-state index is 0.237. The Morgan fingerprint density at radius 3 is 2.79 bits per heavy atom. The number of thiocarbonyl (C=S) groups is 1. The maximum atomic E-state index is 12.6. The summed E-state index contributed by atoms with van der Waals surface area (Å²) >= 11 is 19.7. The summed E-state index contributed by atoms with van der Waals surface area (Å²) in [5, 5.41) is 10.3. The second kappa shape index (κ2) is 8.58. The molecule has 0 saturated carbocycles. The van der Waals surface area contributed by atoms with Crippen LogP contribution in [0, 0.1) is 0 Å². The van der Waals surface area contributed by atoms with Gasteiger partial charge in [-0.05, 0) is 29.5 Å². The molecular formula is C15H13Cl2NO3S3. The third-order valence-electron chi connectivity index (χ3n) is 3.15. The van der Waals surface area contributed by atoms with Crippen molar-refractivity contribution in [1.29, 1.82) is 0 Å². The van der Waals surface area contributed by atoms with Crippen molar-refractivity contribution < 1.29 is 14.7 Å². The second-order valence-electron chi connectivity index (χ2n) is 4.73. The smallest absolute Gasteiger partial charge is 0.327 e. The molecule has 9 heteroatoms. The molecule has 1 aliphatic heterocycles. The van der Waals surface area contributed by atoms with Gasteiger partial charge in [-0.15, -0.1) is 0 Å². The van der Waals surface area contributed by atoms with Gasteiger partial charge in [0.2, 0.25) is 0 Å². The van der Waals surface area contributed by atoms with Gasteiger partial charge in [-0.25, -0.2) is 4.79 Å². The number of hydrogen-bond acceptors (Lipinski definition) is 5. The van der Waals surface area contributed by atoms with E-state index < -0.39 is 17.9 Å². The van der Waals surface area contributed by atoms with Crippen molar-refractivity contribution in [2.45, 2.75) is 13.0 Å². The predicted octanol–water partition coefficient (Wildman–Crippen LogP) is 4.40. The largest absolute Gasteiger partial charge is 0.480 e. The van der Waals surface area contributed by atoms with Crippen molar-refractivity contribution in [3.8, 4) is 0 Å². The van der Waals surface area contributed by atoms with Gasteiger partial charge in [0.1, 0.15) is 10.4 Å². The number of benzene rings is 1. The lowest BCUT2D eigenvalue weighted by atomic mass is 10.2. The van der Waals surface area contributed by atoms with Gasteiger partial charge in [0.05, 0.1) is 4.91 Å². The Morgan fingerprint density at radius 1 is 1.50 bits per heavy atom. The molecule has 1 aromatic carbocycles. The quantitative estimate of drug-likeness (QED) is 0.542. The Labute approximate surface area is 163 Å². The van der Waals surface area contributed by atoms with Gasteiger partial charge in [0.15, 0.2) is 0 Å². The van der Waals surface area contributed by atoms with Crippen molar-refractivity contribution in [3.05, 3.63) is 38.7 Å². The number of carbonyl (C=O) groups excluding carboxylic acids is 1. The zero-order valence-corrected chi connectivity index (χ0v) is 16.5. The number of halogens is 2. The first-order valence-corrected chi connectivity index (χ1v) is 10.0. The number of carbonyl (C=O) groups is 2. The predicted molar refractivity (Wildman–Crippen MR) is 106 cm³/mol. The van der Waals surface area contributed by atoms with Crippen LogP contribution in [0.25, 0.3) is 6.08 Å². The molecule has 1 heterocycles. The van der Waals surface area contributed by atoms with Gasteiger partial charge < -0.3 is 5.11 Å². The molecule has 1 N–H and O–H groups in total. The number of amides is 1. The fourth-order valence-electron chi connectivity index (χ4n) is 1.99. The van der Waals surface area contributed by atoms with Crippen LogP contribution in [-0.4, -0.2) is 43.8 Å². The first-order valence-electron chi connectivity index (χ1n) is 6.87. The van der Waals surface area contributed by atoms with Crippen molar-refractivity contribution in [2.24, 2.45) is 0 Å². The number of rotatable bonds is 6. The molecular weight excluding hydrogens is 409 g/mol. The van der Waals surface area contributed by atoms with Crippen molar-refractivity contribution in [2.75, 3.05) is 11.5 Å². The number of nitrogens with zero attached hydrogens (tertiary/aromatic N) is 1. The molecule has 1 fully saturated rings. The lowest BCUT2D eigenvalue weighted by molar-refractivity contribution is -0.144. The van der Waals surface area contributed by atoms with E-state index in [2.05, 4.69) is 0 Å². The minimum atomic E-state index is -1.07. The Balaban J connectivity index is 2.30. The number of carboxylic acids is 1. The van der Waals surface area contributed by atoms with Crippen molar-refractivity contribution in [3.63, 3.8) is 0 Å². The number of hydrogen-bond donors (Lipinski definition) is 1. The number of aliphatic carboxylic acids is 1. The van der Waals surface area contributed by atoms with Gasteiger partial charge in [-0.2, -0.15) is 11.8 Å². The fraction of sp³-hybridized carbons (Fsp3) is 0.267. The average Bonchev–Trinajstić information content (AvgIpc) is 2.78. The minimum Gasteiger partial charge on any atom is -0.480 e. The van der Waals surface area contributed by atoms with Crippen LogP contribution in [-0.2, 0) is 9.59 Å². The van der Waals surface area contributed by atoms with E-state index >= 15 is 0 Å². The van der Waals surface area contributed by atoms with Gasteiger partial charge >= 0.3 is 5.97 Å². The van der Waals surface area contributed by atoms with Crippen LogP contribution in [0.2, 0.25) is 10.0 Å². The summed E-state index contributed by atoms with van der Waals surface area (Å²) in [7, 11) is 0. The first kappa shape index (κ1) is 19.6. The van der Waals surface area contributed by atoms with Gasteiger partial charge in [0.25, 0.3) is 5.91 Å². The van der Waals surface area contributed by atoms with Gasteiger partial charge in [-0.1, -0.05) is 60.2 Å². The van der Waals surface area contributed by atoms with Crippen LogP contribution < -0.4 is 0 Å². The highest BCUT2D eigenvalue weighted by molar-refractivity contribution is 8.26. The molecule has 0 aromatic heterocycles. The molecule has 2 rings (SSSR count). The standard InChI is InChI=1S/C15H13Cl2NO3S3/c1-2-23-7-11(14(20)21)18-13(19)12(24-15(18)22)5-8-3-4-9(16)6-10(8)17/h3-6,11H,2,7H2,1H3,(H,20,21)/b12-5-. The number of thioether (sulfide) groups is 2. The Morgan fingerprint density at radius 2 is 2.21 bits per heavy atom. The summed E-state index contributed by atoms with van der Waals surface area (Å²) in [5.41, 5.74) is 0.622. The summed E-state index contributed by atoms with van der Waals surface area (Å²) < 4.78 is 0.237. The molecule has 0 spiro atoms. The van der Waals surface area contributed by atoms with E-state index in [1.165, 1.54) is 16.7 Å². The molecule has 0 bridgehead atoms. The average molecular weight is 422 g/mol. The highest BCUT2D eigenvalue weighted by atomic mass is 35.5. The molecule has 0 radical (unpaired) electrons. The highest BCUT2D eigenvalue weighted by Gasteiger charge is 2.40. The lowest BCUT2D eigenvalue weighted by Gasteiger charge is -2.22. The highest BCUT2D eigenvalue weighted by Crippen LogP contribution is 2.36. The van der Waals surface area contributed by atoms with Gasteiger partial charge in [0, 0.05) is 15.8 Å². The zero-order chi connectivity index (χ0) is 17.9. The van der Waals surface area contributed by atoms with E-state index in [0.29, 0.717) is 20.5 Å². The first-order chi connectivity index (χ1) is 11.3. The summed E-state index contributed by atoms with van der Waals surface area (Å²) in [5.74, 6) is -0.444. The molecule has 1 saturated heterocycles. The molecule has 1 aliphatic rings. The Hall–Kier alpha value is -0.730. The van der Waals surface area contributed by atoms with Crippen LogP contribution >= 0.6 is 58.9 Å². The van der Waals surface area contributed by atoms with Crippen LogP contribution in [0.5, 0.6) is 0 Å². The van der Waals surface area contributed by atoms with Crippen LogP contribution in [0.15, 0.2) is 23.1 Å². The van der Waals surface area contributed by atoms with E-state index in [-0.39, 0.29) is 10.1 Å². The van der Waals surface area contributed by atoms with Crippen LogP contribution in [0.4, 0.5) is 0 Å². The molecule has 4 nitrogen and oxygen atoms in total. The maximum Gasteiger partial charge on any atom is 0.327 e. The zero-order valence-electron chi connectivity index (χ0n) is 12.5. The fourth-order valence-corrected chi connectivity index (χ4v) is 4.56. The van der Waals surface area contributed by atoms with Gasteiger partial charge in [-0.3, -0.25) is 9.69 Å². The number of carboxylic acid groups (broad SMARTS) is 1. The third kappa shape index (κ3) is 4.46. The molecule has 128 valence electrons. The molecule has 1 atom stereocenters. The van der Waals surface area contributed by atoms with Crippen molar-refractivity contribution >= 4 is 81.2 Å². The summed E-state index contributed by atoms with van der Waals surface area (Å²) in [6.07, 6.45) is 1.60. The van der Waals surface area contributed by atoms with Crippen LogP contribution in [0.1, 0.15) is 12.5 Å². The van der Waals surface area contributed by atoms with E-state index in [4.69, 9.17) is 35.4 Å². The third-order valence-corrected chi connectivity index (χ3v) is 6.00. The monoisotopic (exact) mass is 421 g/mol. The van der Waals surface area contributed by atoms with Crippen molar-refractivity contribution in [1.82, 2.24) is 4.90 Å². The van der Waals surface area contributed by atoms with E-state index in [0.717, 1.165) is 17.5 Å². The maximum absolute atomic E-state index is 12.6. The lowest BCUT2D eigenvalue weighted by Crippen LogP contribution is -2.45. The molecule has 24 heavy (non-hydrogen) atoms. The molecule has 1 aromatic rings. The molecule has 1 amide bonds. The molecule has 1 unspecified atom stereocenters. The Kier molecular flexibility index (Phi) is 7.00. The summed E-state index contributed by atoms with van der Waals surface area (Å²) in [4.78, 5) is 25.6. The topological polar surface area (TPSA) is 57.6 Å². The molecule has 0 aliphatic carbocycles.